The van der Waals surface area contributed by atoms with E-state index in [1.54, 1.807) is 0 Å². The summed E-state index contributed by atoms with van der Waals surface area (Å²) in [4.78, 5) is 2.44. The Morgan fingerprint density at radius 1 is 1.56 bits per heavy atom. The predicted octanol–water partition coefficient (Wildman–Crippen LogP) is 2.33. The van der Waals surface area contributed by atoms with E-state index in [-0.39, 0.29) is 0 Å². The van der Waals surface area contributed by atoms with Crippen molar-refractivity contribution < 1.29 is 5.11 Å². The zero-order valence-electron chi connectivity index (χ0n) is 10.3. The first kappa shape index (κ1) is 13.6. The van der Waals surface area contributed by atoms with Crippen molar-refractivity contribution in [2.45, 2.75) is 25.4 Å². The van der Waals surface area contributed by atoms with Gasteiger partial charge in [-0.15, -0.1) is 0 Å². The molecule has 1 saturated heterocycles. The van der Waals surface area contributed by atoms with Crippen LogP contribution in [0.15, 0.2) is 18.2 Å². The van der Waals surface area contributed by atoms with Crippen LogP contribution in [0.3, 0.4) is 0 Å². The summed E-state index contributed by atoms with van der Waals surface area (Å²) in [5.74, 6) is 0. The van der Waals surface area contributed by atoms with E-state index in [2.05, 4.69) is 4.90 Å². The molecule has 3 N–H and O–H groups in total. The summed E-state index contributed by atoms with van der Waals surface area (Å²) >= 11 is 11.1. The second-order valence-electron chi connectivity index (χ2n) is 5.05. The number of aliphatic hydroxyl groups is 1. The van der Waals surface area contributed by atoms with Crippen molar-refractivity contribution in [3.63, 3.8) is 0 Å². The average molecular weight is 285 g/mol. The van der Waals surface area contributed by atoms with Crippen LogP contribution in [0, 0.1) is 0 Å². The summed E-state index contributed by atoms with van der Waals surface area (Å²) < 4.78 is 0. The van der Waals surface area contributed by atoms with Crippen molar-refractivity contribution in [1.82, 2.24) is 0 Å². The highest BCUT2D eigenvalue weighted by Gasteiger charge is 2.28. The fourth-order valence-corrected chi connectivity index (χ4v) is 2.85. The molecule has 98 valence electrons. The zero-order valence-corrected chi connectivity index (χ0v) is 11.9. The molecule has 1 fully saturated rings. The molecule has 2 rings (SSSR count). The first-order valence-electron chi connectivity index (χ1n) is 5.96. The molecule has 1 aliphatic rings. The smallest absolute Gasteiger partial charge is 0.105 e. The molecular formula is C13H17ClN2OS. The SMILES string of the molecule is CC1(O)CCCN(c2ccc(C(N)=S)c(Cl)c2)C1. The minimum atomic E-state index is -0.632. The van der Waals surface area contributed by atoms with Gasteiger partial charge in [-0.1, -0.05) is 23.8 Å². The molecule has 0 radical (unpaired) electrons. The normalized spacial score (nSPS) is 24.1. The van der Waals surface area contributed by atoms with Gasteiger partial charge >= 0.3 is 0 Å². The van der Waals surface area contributed by atoms with Crippen molar-refractivity contribution in [2.75, 3.05) is 18.0 Å². The zero-order chi connectivity index (χ0) is 13.3. The number of nitrogens with two attached hydrogens (primary N) is 1. The summed E-state index contributed by atoms with van der Waals surface area (Å²) in [6.45, 7) is 3.42. The van der Waals surface area contributed by atoms with Gasteiger partial charge in [-0.2, -0.15) is 0 Å². The van der Waals surface area contributed by atoms with Gasteiger partial charge in [0.05, 0.1) is 10.6 Å². The largest absolute Gasteiger partial charge is 0.389 e. The van der Waals surface area contributed by atoms with Crippen LogP contribution < -0.4 is 10.6 Å². The van der Waals surface area contributed by atoms with Gasteiger partial charge in [-0.25, -0.2) is 0 Å². The van der Waals surface area contributed by atoms with E-state index in [0.717, 1.165) is 25.1 Å². The first-order chi connectivity index (χ1) is 8.39. The van der Waals surface area contributed by atoms with Gasteiger partial charge in [0.2, 0.25) is 0 Å². The van der Waals surface area contributed by atoms with Crippen LogP contribution in [0.25, 0.3) is 0 Å². The third-order valence-electron chi connectivity index (χ3n) is 3.26. The minimum Gasteiger partial charge on any atom is -0.389 e. The van der Waals surface area contributed by atoms with E-state index in [1.165, 1.54) is 0 Å². The van der Waals surface area contributed by atoms with Gasteiger partial charge in [0.1, 0.15) is 4.99 Å². The van der Waals surface area contributed by atoms with Crippen LogP contribution in [0.2, 0.25) is 5.02 Å². The summed E-state index contributed by atoms with van der Waals surface area (Å²) in [5.41, 5.74) is 6.64. The topological polar surface area (TPSA) is 49.5 Å². The van der Waals surface area contributed by atoms with Crippen molar-refractivity contribution in [2.24, 2.45) is 5.73 Å². The Hall–Kier alpha value is -0.840. The molecule has 0 amide bonds. The molecule has 0 bridgehead atoms. The lowest BCUT2D eigenvalue weighted by Gasteiger charge is -2.38. The third-order valence-corrected chi connectivity index (χ3v) is 3.79. The van der Waals surface area contributed by atoms with E-state index in [9.17, 15) is 5.11 Å². The highest BCUT2D eigenvalue weighted by molar-refractivity contribution is 7.80. The van der Waals surface area contributed by atoms with Gasteiger partial charge < -0.3 is 15.7 Å². The van der Waals surface area contributed by atoms with Gasteiger partial charge in [0.15, 0.2) is 0 Å². The van der Waals surface area contributed by atoms with Crippen LogP contribution in [0.1, 0.15) is 25.3 Å². The number of piperidine rings is 1. The Bertz CT molecular complexity index is 476. The van der Waals surface area contributed by atoms with Gasteiger partial charge in [-0.05, 0) is 38.0 Å². The number of hydrogen-bond donors (Lipinski definition) is 2. The van der Waals surface area contributed by atoms with Crippen LogP contribution in [-0.2, 0) is 0 Å². The van der Waals surface area contributed by atoms with Gasteiger partial charge in [0.25, 0.3) is 0 Å². The molecule has 0 aliphatic carbocycles. The average Bonchev–Trinajstić information content (AvgIpc) is 2.27. The second-order valence-corrected chi connectivity index (χ2v) is 5.90. The highest BCUT2D eigenvalue weighted by atomic mass is 35.5. The Labute approximate surface area is 118 Å². The second kappa shape index (κ2) is 5.03. The molecule has 1 unspecified atom stereocenters. The van der Waals surface area contributed by atoms with Crippen molar-refractivity contribution in [1.29, 1.82) is 0 Å². The number of β-amino-alcohol motifs (C(OH)–C–C–N with tert-alkyl or cyclic N) is 1. The minimum absolute atomic E-state index is 0.303. The molecule has 0 saturated carbocycles. The molecule has 5 heteroatoms. The highest BCUT2D eigenvalue weighted by Crippen LogP contribution is 2.29. The molecule has 1 atom stereocenters. The molecule has 0 spiro atoms. The molecule has 1 aliphatic heterocycles. The molecule has 3 nitrogen and oxygen atoms in total. The van der Waals surface area contributed by atoms with E-state index in [1.807, 2.05) is 25.1 Å². The number of nitrogens with zero attached hydrogens (tertiary/aromatic N) is 1. The summed E-state index contributed by atoms with van der Waals surface area (Å²) in [6, 6.07) is 5.64. The van der Waals surface area contributed by atoms with Crippen LogP contribution in [-0.4, -0.2) is 28.8 Å². The Morgan fingerprint density at radius 2 is 2.28 bits per heavy atom. The van der Waals surface area contributed by atoms with Crippen LogP contribution in [0.5, 0.6) is 0 Å². The quantitative estimate of drug-likeness (QED) is 0.819. The third kappa shape index (κ3) is 2.94. The van der Waals surface area contributed by atoms with Crippen molar-refractivity contribution in [3.05, 3.63) is 28.8 Å². The number of anilines is 1. The maximum Gasteiger partial charge on any atom is 0.105 e. The first-order valence-corrected chi connectivity index (χ1v) is 6.74. The standard InChI is InChI=1S/C13H17ClN2OS/c1-13(17)5-2-6-16(8-13)9-3-4-10(12(15)18)11(14)7-9/h3-4,7,17H,2,5-6,8H2,1H3,(H2,15,18). The van der Waals surface area contributed by atoms with Crippen molar-refractivity contribution in [3.8, 4) is 0 Å². The molecular weight excluding hydrogens is 268 g/mol. The van der Waals surface area contributed by atoms with E-state index < -0.39 is 5.60 Å². The number of benzene rings is 1. The maximum atomic E-state index is 10.1. The van der Waals surface area contributed by atoms with Gasteiger partial charge in [0, 0.05) is 24.3 Å². The van der Waals surface area contributed by atoms with E-state index in [4.69, 9.17) is 29.6 Å². The number of halogens is 1. The monoisotopic (exact) mass is 284 g/mol. The molecule has 1 aromatic rings. The van der Waals surface area contributed by atoms with Crippen LogP contribution in [0.4, 0.5) is 5.69 Å². The lowest BCUT2D eigenvalue weighted by Crippen LogP contribution is -2.46. The Morgan fingerprint density at radius 3 is 2.83 bits per heavy atom. The van der Waals surface area contributed by atoms with Crippen LogP contribution >= 0.6 is 23.8 Å². The fraction of sp³-hybridized carbons (Fsp3) is 0.462. The van der Waals surface area contributed by atoms with Gasteiger partial charge in [-0.3, -0.25) is 0 Å². The Kier molecular flexibility index (Phi) is 3.80. The summed E-state index contributed by atoms with van der Waals surface area (Å²) in [6.07, 6.45) is 1.81. The van der Waals surface area contributed by atoms with Crippen molar-refractivity contribution >= 4 is 34.5 Å². The molecule has 18 heavy (non-hydrogen) atoms. The number of thiocarbonyl (C=S) groups is 1. The predicted molar refractivity (Wildman–Crippen MR) is 79.4 cm³/mol. The number of hydrogen-bond acceptors (Lipinski definition) is 3. The summed E-state index contributed by atoms with van der Waals surface area (Å²) in [7, 11) is 0. The lowest BCUT2D eigenvalue weighted by atomic mass is 9.94. The molecule has 1 aromatic carbocycles. The molecule has 1 heterocycles. The maximum absolute atomic E-state index is 10.1. The Balaban J connectivity index is 2.24. The summed E-state index contributed by atoms with van der Waals surface area (Å²) in [5, 5.41) is 10.7. The lowest BCUT2D eigenvalue weighted by molar-refractivity contribution is 0.0449. The van der Waals surface area contributed by atoms with E-state index >= 15 is 0 Å². The fourth-order valence-electron chi connectivity index (χ4n) is 2.34. The molecule has 0 aromatic heterocycles. The number of rotatable bonds is 2. The van der Waals surface area contributed by atoms with E-state index in [0.29, 0.717) is 22.1 Å².